The van der Waals surface area contributed by atoms with Crippen LogP contribution in [0.5, 0.6) is 11.5 Å². The Hall–Kier alpha value is -3.66. The van der Waals surface area contributed by atoms with Crippen molar-refractivity contribution in [1.82, 2.24) is 19.8 Å². The lowest BCUT2D eigenvalue weighted by molar-refractivity contribution is -0.119. The number of nitrogens with two attached hydrogens (primary N) is 1. The van der Waals surface area contributed by atoms with Crippen LogP contribution in [0.2, 0.25) is 0 Å². The molecule has 1 aliphatic rings. The molecular formula is C27H34FN5O4. The van der Waals surface area contributed by atoms with Crippen LogP contribution in [0.4, 0.5) is 9.18 Å². The van der Waals surface area contributed by atoms with Crippen molar-refractivity contribution in [3.05, 3.63) is 54.1 Å². The molecule has 2 amide bonds. The number of halogens is 1. The van der Waals surface area contributed by atoms with E-state index in [2.05, 4.69) is 9.88 Å². The predicted octanol–water partition coefficient (Wildman–Crippen LogP) is 4.50. The second-order valence-electron chi connectivity index (χ2n) is 10.3. The molecule has 1 aliphatic heterocycles. The third kappa shape index (κ3) is 6.56. The molecule has 0 aliphatic carbocycles. The maximum Gasteiger partial charge on any atom is 0.410 e. The number of hydrogen-bond donors (Lipinski definition) is 2. The number of likely N-dealkylation sites (tertiary alicyclic amines) is 1. The molecule has 2 aromatic carbocycles. The molecule has 0 radical (unpaired) electrons. The van der Waals surface area contributed by atoms with Crippen molar-refractivity contribution in [3.8, 4) is 11.5 Å². The Morgan fingerprint density at radius 1 is 1.14 bits per heavy atom. The highest BCUT2D eigenvalue weighted by Gasteiger charge is 2.29. The van der Waals surface area contributed by atoms with Gasteiger partial charge in [0, 0.05) is 25.2 Å². The number of aromatic nitrogens is 2. The van der Waals surface area contributed by atoms with E-state index in [1.807, 2.05) is 39.0 Å². The zero-order valence-corrected chi connectivity index (χ0v) is 21.7. The molecule has 3 aromatic rings. The first-order valence-corrected chi connectivity index (χ1v) is 12.4. The van der Waals surface area contributed by atoms with Gasteiger partial charge >= 0.3 is 6.09 Å². The minimum Gasteiger partial charge on any atom is -0.457 e. The molecule has 1 aromatic heterocycles. The maximum absolute atomic E-state index is 13.3. The van der Waals surface area contributed by atoms with E-state index in [4.69, 9.17) is 20.2 Å². The van der Waals surface area contributed by atoms with Gasteiger partial charge in [-0.05, 0) is 76.9 Å². The minimum absolute atomic E-state index is 0.0745. The molecular weight excluding hydrogens is 477 g/mol. The van der Waals surface area contributed by atoms with Crippen molar-refractivity contribution in [3.63, 3.8) is 0 Å². The van der Waals surface area contributed by atoms with Crippen LogP contribution in [0.15, 0.2) is 42.5 Å². The monoisotopic (exact) mass is 511 g/mol. The lowest BCUT2D eigenvalue weighted by Gasteiger charge is -2.34. The quantitative estimate of drug-likeness (QED) is 0.483. The van der Waals surface area contributed by atoms with Gasteiger partial charge in [0.25, 0.3) is 0 Å². The normalized spacial score (nSPS) is 15.5. The summed E-state index contributed by atoms with van der Waals surface area (Å²) in [6.45, 7) is 8.72. The Balaban J connectivity index is 1.60. The second-order valence-corrected chi connectivity index (χ2v) is 10.3. The molecule has 198 valence electrons. The van der Waals surface area contributed by atoms with Crippen molar-refractivity contribution in [2.24, 2.45) is 5.73 Å². The molecule has 1 fully saturated rings. The van der Waals surface area contributed by atoms with Crippen LogP contribution < -0.4 is 15.8 Å². The summed E-state index contributed by atoms with van der Waals surface area (Å²) in [5.41, 5.74) is 6.53. The molecule has 0 unspecified atom stereocenters. The maximum atomic E-state index is 13.3. The number of nitrogens with zero attached hydrogens (tertiary/aromatic N) is 3. The van der Waals surface area contributed by atoms with Crippen LogP contribution in [-0.4, -0.2) is 51.2 Å². The van der Waals surface area contributed by atoms with Crippen LogP contribution in [0.25, 0.3) is 11.0 Å². The number of nitrogens with one attached hydrogen (secondary N) is 1. The first-order valence-electron chi connectivity index (χ1n) is 12.4. The number of piperidine rings is 1. The third-order valence-electron chi connectivity index (χ3n) is 6.26. The first kappa shape index (κ1) is 26.4. The number of rotatable bonds is 7. The molecule has 3 N–H and O–H groups in total. The zero-order valence-electron chi connectivity index (χ0n) is 21.7. The van der Waals surface area contributed by atoms with E-state index in [1.165, 1.54) is 12.1 Å². The number of imidazole rings is 1. The Kier molecular flexibility index (Phi) is 7.68. The Bertz CT molecular complexity index is 1260. The van der Waals surface area contributed by atoms with Crippen LogP contribution in [0.3, 0.4) is 0 Å². The van der Waals surface area contributed by atoms with E-state index in [1.54, 1.807) is 24.0 Å². The molecule has 0 spiro atoms. The predicted molar refractivity (Wildman–Crippen MR) is 138 cm³/mol. The SMILES string of the molecule is C[C@H](NCc1nc2ccc(Oc3ccc(F)cc3)cc2n1C1CCN(C(=O)OC(C)(C)C)CC1)C(N)=O. The third-order valence-corrected chi connectivity index (χ3v) is 6.26. The summed E-state index contributed by atoms with van der Waals surface area (Å²) < 4.78 is 27.0. The Morgan fingerprint density at radius 2 is 1.78 bits per heavy atom. The van der Waals surface area contributed by atoms with Gasteiger partial charge < -0.3 is 24.7 Å². The number of primary amides is 1. The Labute approximate surface area is 215 Å². The highest BCUT2D eigenvalue weighted by Crippen LogP contribution is 2.32. The van der Waals surface area contributed by atoms with Gasteiger partial charge in [0.15, 0.2) is 0 Å². The van der Waals surface area contributed by atoms with E-state index < -0.39 is 17.6 Å². The van der Waals surface area contributed by atoms with E-state index >= 15 is 0 Å². The topological polar surface area (TPSA) is 112 Å². The van der Waals surface area contributed by atoms with Gasteiger partial charge in [0.1, 0.15) is 28.7 Å². The average Bonchev–Trinajstić information content (AvgIpc) is 3.20. The highest BCUT2D eigenvalue weighted by molar-refractivity contribution is 5.80. The zero-order chi connectivity index (χ0) is 26.7. The molecule has 10 heteroatoms. The molecule has 4 rings (SSSR count). The summed E-state index contributed by atoms with van der Waals surface area (Å²) in [6, 6.07) is 11.0. The fourth-order valence-corrected chi connectivity index (χ4v) is 4.34. The first-order chi connectivity index (χ1) is 17.5. The number of ether oxygens (including phenoxy) is 2. The lowest BCUT2D eigenvalue weighted by atomic mass is 10.0. The highest BCUT2D eigenvalue weighted by atomic mass is 19.1. The van der Waals surface area contributed by atoms with Gasteiger partial charge in [0.2, 0.25) is 5.91 Å². The van der Waals surface area contributed by atoms with Crippen molar-refractivity contribution < 1.29 is 23.5 Å². The van der Waals surface area contributed by atoms with Crippen molar-refractivity contribution in [2.75, 3.05) is 13.1 Å². The summed E-state index contributed by atoms with van der Waals surface area (Å²) in [5.74, 6) is 1.10. The molecule has 2 heterocycles. The molecule has 1 saturated heterocycles. The fraction of sp³-hybridized carbons (Fsp3) is 0.444. The van der Waals surface area contributed by atoms with Crippen LogP contribution in [-0.2, 0) is 16.1 Å². The van der Waals surface area contributed by atoms with Gasteiger partial charge in [-0.2, -0.15) is 0 Å². The standard InChI is InChI=1S/C27H34FN5O4/c1-17(25(29)34)30-16-24-31-22-10-9-21(36-20-7-5-18(28)6-8-20)15-23(22)33(24)19-11-13-32(14-12-19)26(35)37-27(2,3)4/h5-10,15,17,19,30H,11-14,16H2,1-4H3,(H2,29,34)/t17-/m0/s1. The molecule has 0 saturated carbocycles. The number of carbonyl (C=O) groups excluding carboxylic acids is 2. The van der Waals surface area contributed by atoms with Gasteiger partial charge in [-0.1, -0.05) is 0 Å². The smallest absolute Gasteiger partial charge is 0.410 e. The molecule has 37 heavy (non-hydrogen) atoms. The van der Waals surface area contributed by atoms with Crippen molar-refractivity contribution in [2.45, 2.75) is 64.8 Å². The molecule has 1 atom stereocenters. The Morgan fingerprint density at radius 3 is 2.41 bits per heavy atom. The van der Waals surface area contributed by atoms with E-state index in [-0.39, 0.29) is 18.0 Å². The lowest BCUT2D eigenvalue weighted by Crippen LogP contribution is -2.42. The van der Waals surface area contributed by atoms with Gasteiger partial charge in [-0.25, -0.2) is 14.2 Å². The van der Waals surface area contributed by atoms with Crippen molar-refractivity contribution >= 4 is 23.0 Å². The van der Waals surface area contributed by atoms with E-state index in [9.17, 15) is 14.0 Å². The minimum atomic E-state index is -0.550. The van der Waals surface area contributed by atoms with Gasteiger partial charge in [-0.15, -0.1) is 0 Å². The van der Waals surface area contributed by atoms with E-state index in [0.717, 1.165) is 16.9 Å². The summed E-state index contributed by atoms with van der Waals surface area (Å²) >= 11 is 0. The summed E-state index contributed by atoms with van der Waals surface area (Å²) in [4.78, 5) is 30.7. The molecule has 9 nitrogen and oxygen atoms in total. The average molecular weight is 512 g/mol. The van der Waals surface area contributed by atoms with Crippen LogP contribution in [0.1, 0.15) is 52.4 Å². The van der Waals surface area contributed by atoms with Gasteiger partial charge in [0.05, 0.1) is 23.6 Å². The number of carbonyl (C=O) groups is 2. The number of amides is 2. The largest absolute Gasteiger partial charge is 0.457 e. The fourth-order valence-electron chi connectivity index (χ4n) is 4.34. The van der Waals surface area contributed by atoms with Crippen LogP contribution in [0, 0.1) is 5.82 Å². The van der Waals surface area contributed by atoms with Gasteiger partial charge in [-0.3, -0.25) is 10.1 Å². The number of hydrogen-bond acceptors (Lipinski definition) is 6. The van der Waals surface area contributed by atoms with E-state index in [0.29, 0.717) is 44.0 Å². The van der Waals surface area contributed by atoms with Crippen LogP contribution >= 0.6 is 0 Å². The second kappa shape index (κ2) is 10.8. The summed E-state index contributed by atoms with van der Waals surface area (Å²) in [6.07, 6.45) is 1.12. The number of benzene rings is 2. The summed E-state index contributed by atoms with van der Waals surface area (Å²) in [7, 11) is 0. The summed E-state index contributed by atoms with van der Waals surface area (Å²) in [5, 5.41) is 3.14. The number of fused-ring (bicyclic) bond motifs is 1. The van der Waals surface area contributed by atoms with Crippen molar-refractivity contribution in [1.29, 1.82) is 0 Å². The molecule has 0 bridgehead atoms.